The van der Waals surface area contributed by atoms with Gasteiger partial charge in [0.1, 0.15) is 0 Å². The van der Waals surface area contributed by atoms with Crippen LogP contribution in [0.5, 0.6) is 0 Å². The number of rotatable bonds is 11. The molecule has 0 radical (unpaired) electrons. The summed E-state index contributed by atoms with van der Waals surface area (Å²) in [5.74, 6) is 0. The Morgan fingerprint density at radius 3 is 1.02 bits per heavy atom. The average Bonchev–Trinajstić information content (AvgIpc) is 3.57. The third-order valence-electron chi connectivity index (χ3n) is 17.2. The molecule has 82 heavy (non-hydrogen) atoms. The number of aromatic nitrogens is 2. The van der Waals surface area contributed by atoms with Crippen LogP contribution in [0.3, 0.4) is 0 Å². The van der Waals surface area contributed by atoms with E-state index in [-0.39, 0.29) is 0 Å². The second-order valence-corrected chi connectivity index (χ2v) is 25.4. The summed E-state index contributed by atoms with van der Waals surface area (Å²) in [6.07, 6.45) is 0. The van der Waals surface area contributed by atoms with Gasteiger partial charge in [-0.2, -0.15) is 0 Å². The van der Waals surface area contributed by atoms with Gasteiger partial charge in [-0.1, -0.05) is 249 Å². The molecule has 0 spiro atoms. The van der Waals surface area contributed by atoms with Gasteiger partial charge < -0.3 is 13.9 Å². The minimum absolute atomic E-state index is 1.08. The fourth-order valence-electron chi connectivity index (χ4n) is 13.4. The fraction of sp³-hybridized carbons (Fsp3) is 0. The largest absolute Gasteiger partial charge is 0.311 e. The second kappa shape index (κ2) is 19.4. The zero-order chi connectivity index (χ0) is 54.1. The molecule has 0 atom stereocenters. The Kier molecular flexibility index (Phi) is 11.2. The van der Waals surface area contributed by atoms with Crippen LogP contribution in [0.15, 0.2) is 322 Å². The Hall–Kier alpha value is -10.5. The number of anilines is 3. The topological polar surface area (TPSA) is 12.6 Å². The van der Waals surface area contributed by atoms with Crippen LogP contribution in [-0.4, -0.2) is 17.0 Å². The highest BCUT2D eigenvalue weighted by Crippen LogP contribution is 2.42. The third-order valence-corrected chi connectivity index (χ3v) is 22.0. The van der Waals surface area contributed by atoms with Crippen LogP contribution in [0.4, 0.5) is 17.1 Å². The fourth-order valence-corrected chi connectivity index (χ4v) is 18.2. The van der Waals surface area contributed by atoms with Crippen molar-refractivity contribution in [3.05, 3.63) is 322 Å². The van der Waals surface area contributed by atoms with Crippen LogP contribution in [0.1, 0.15) is 0 Å². The number of para-hydroxylation sites is 4. The van der Waals surface area contributed by atoms with Gasteiger partial charge in [-0.25, -0.2) is 0 Å². The van der Waals surface area contributed by atoms with Crippen LogP contribution < -0.4 is 25.6 Å². The lowest BCUT2D eigenvalue weighted by molar-refractivity contribution is 1.18. The zero-order valence-corrected chi connectivity index (χ0v) is 45.9. The first kappa shape index (κ1) is 47.5. The third kappa shape index (κ3) is 7.57. The molecule has 0 aliphatic rings. The Bertz CT molecular complexity index is 4820. The Labute approximate surface area is 477 Å². The van der Waals surface area contributed by atoms with E-state index < -0.39 is 8.07 Å². The van der Waals surface area contributed by atoms with Gasteiger partial charge in [0.25, 0.3) is 0 Å². The molecule has 384 valence electrons. The highest BCUT2D eigenvalue weighted by molar-refractivity contribution is 7.19. The number of hydrogen-bond donors (Lipinski definition) is 0. The van der Waals surface area contributed by atoms with Gasteiger partial charge in [-0.3, -0.25) is 0 Å². The first-order valence-corrected chi connectivity index (χ1v) is 30.3. The summed E-state index contributed by atoms with van der Waals surface area (Å²) in [4.78, 5) is 2.38. The summed E-state index contributed by atoms with van der Waals surface area (Å²) in [5.41, 5.74) is 17.6. The quantitative estimate of drug-likeness (QED) is 0.0929. The highest BCUT2D eigenvalue weighted by Gasteiger charge is 2.41. The van der Waals surface area contributed by atoms with Crippen molar-refractivity contribution in [1.29, 1.82) is 0 Å². The maximum Gasteiger partial charge on any atom is 0.179 e. The molecule has 16 rings (SSSR count). The van der Waals surface area contributed by atoms with E-state index in [0.29, 0.717) is 0 Å². The monoisotopic (exact) mass is 1060 g/mol. The van der Waals surface area contributed by atoms with Crippen molar-refractivity contribution in [3.8, 4) is 39.1 Å². The minimum Gasteiger partial charge on any atom is -0.311 e. The number of benzene rings is 13. The van der Waals surface area contributed by atoms with Crippen molar-refractivity contribution < 1.29 is 0 Å². The average molecular weight is 1060 g/mol. The molecule has 0 N–H and O–H groups in total. The molecular formula is C78H53N3Si. The molecule has 3 nitrogen and oxygen atoms in total. The smallest absolute Gasteiger partial charge is 0.179 e. The summed E-state index contributed by atoms with van der Waals surface area (Å²) in [6, 6.07) is 119. The molecule has 3 heterocycles. The first-order chi connectivity index (χ1) is 40.7. The number of nitrogens with zero attached hydrogens (tertiary/aromatic N) is 3. The van der Waals surface area contributed by atoms with Crippen molar-refractivity contribution in [2.75, 3.05) is 4.90 Å². The summed E-state index contributed by atoms with van der Waals surface area (Å²) in [5, 5.41) is 13.2. The summed E-state index contributed by atoms with van der Waals surface area (Å²) < 4.78 is 4.84. The van der Waals surface area contributed by atoms with Crippen LogP contribution >= 0.6 is 0 Å². The van der Waals surface area contributed by atoms with Crippen LogP contribution in [0, 0.1) is 0 Å². The van der Waals surface area contributed by atoms with E-state index in [2.05, 4.69) is 335 Å². The van der Waals surface area contributed by atoms with Crippen molar-refractivity contribution >= 4 is 106 Å². The van der Waals surface area contributed by atoms with Crippen molar-refractivity contribution in [2.45, 2.75) is 0 Å². The molecular weight excluding hydrogens is 1010 g/mol. The molecule has 0 saturated heterocycles. The predicted molar refractivity (Wildman–Crippen MR) is 350 cm³/mol. The predicted octanol–water partition coefficient (Wildman–Crippen LogP) is 17.8. The molecule has 0 aliphatic carbocycles. The van der Waals surface area contributed by atoms with Crippen LogP contribution in [0.2, 0.25) is 0 Å². The maximum atomic E-state index is 2.46. The molecule has 3 aromatic heterocycles. The van der Waals surface area contributed by atoms with Gasteiger partial charge in [0.2, 0.25) is 0 Å². The van der Waals surface area contributed by atoms with Crippen LogP contribution in [0.25, 0.3) is 99.0 Å². The molecule has 0 amide bonds. The lowest BCUT2D eigenvalue weighted by atomic mass is 10.0. The molecule has 0 fully saturated rings. The van der Waals surface area contributed by atoms with E-state index in [1.807, 2.05) is 0 Å². The van der Waals surface area contributed by atoms with Crippen LogP contribution in [-0.2, 0) is 0 Å². The summed E-state index contributed by atoms with van der Waals surface area (Å²) in [6.45, 7) is 0. The van der Waals surface area contributed by atoms with E-state index in [4.69, 9.17) is 0 Å². The molecule has 0 unspecified atom stereocenters. The van der Waals surface area contributed by atoms with Gasteiger partial charge in [-0.05, 0) is 127 Å². The molecule has 0 aliphatic heterocycles. The summed E-state index contributed by atoms with van der Waals surface area (Å²) in [7, 11) is -2.65. The maximum absolute atomic E-state index is 2.65. The highest BCUT2D eigenvalue weighted by atomic mass is 28.3. The van der Waals surface area contributed by atoms with E-state index in [9.17, 15) is 0 Å². The Morgan fingerprint density at radius 2 is 0.561 bits per heavy atom. The number of fused-ring (bicyclic) bond motifs is 9. The molecule has 0 bridgehead atoms. The lowest BCUT2D eigenvalue weighted by Crippen LogP contribution is -2.74. The lowest BCUT2D eigenvalue weighted by Gasteiger charge is -2.34. The van der Waals surface area contributed by atoms with Crippen molar-refractivity contribution in [3.63, 3.8) is 0 Å². The van der Waals surface area contributed by atoms with E-state index >= 15 is 0 Å². The second-order valence-electron chi connectivity index (χ2n) is 21.6. The molecule has 13 aromatic carbocycles. The van der Waals surface area contributed by atoms with E-state index in [1.165, 1.54) is 108 Å². The van der Waals surface area contributed by atoms with Gasteiger partial charge >= 0.3 is 0 Å². The van der Waals surface area contributed by atoms with Gasteiger partial charge in [0.05, 0.1) is 27.6 Å². The number of hydrogen-bond acceptors (Lipinski definition) is 1. The molecule has 4 heteroatoms. The Morgan fingerprint density at radius 1 is 0.232 bits per heavy atom. The van der Waals surface area contributed by atoms with E-state index in [1.54, 1.807) is 0 Å². The first-order valence-electron chi connectivity index (χ1n) is 28.3. The standard InChI is InChI=1S/C78H53N3Si/c1-4-17-64(18-5-1)82(65-19-6-2-7-20-65,66-21-8-3-9-22-66)67-50-39-57(40-51-67)56-33-44-61(45-34-56)79(60-42-31-54(32-43-60)55-35-48-63(49-36-55)80-74-28-13-10-23-68(74)69-24-11-14-29-75(69)80)62-46-37-58(38-47-62)59-41-52-71-73-27-16-26-72-70-25-12-15-30-76(70)81(78(72)73)77(71)53-59/h1-53H. The van der Waals surface area contributed by atoms with E-state index in [0.717, 1.165) is 28.3 Å². The normalized spacial score (nSPS) is 11.9. The van der Waals surface area contributed by atoms with Gasteiger partial charge in [0.15, 0.2) is 8.07 Å². The van der Waals surface area contributed by atoms with Gasteiger partial charge in [0, 0.05) is 55.1 Å². The van der Waals surface area contributed by atoms with Gasteiger partial charge in [-0.15, -0.1) is 0 Å². The van der Waals surface area contributed by atoms with Crippen molar-refractivity contribution in [1.82, 2.24) is 8.97 Å². The summed E-state index contributed by atoms with van der Waals surface area (Å²) >= 11 is 0. The molecule has 0 saturated carbocycles. The zero-order valence-electron chi connectivity index (χ0n) is 44.9. The minimum atomic E-state index is -2.65. The SMILES string of the molecule is c1ccc([Si](c2ccccc2)(c2ccccc2)c2ccc(-c3ccc(N(c4ccc(-c5ccc(-n6c7ccccc7c7ccccc76)cc5)cc4)c4ccc(-c5ccc6c7cccc8c9ccccc9n(c6c5)c87)cc4)cc3)cc2)cc1. The molecule has 16 aromatic rings. The Balaban J connectivity index is 0.759. The van der Waals surface area contributed by atoms with Crippen molar-refractivity contribution in [2.24, 2.45) is 0 Å².